The predicted molar refractivity (Wildman–Crippen MR) is 59.3 cm³/mol. The summed E-state index contributed by atoms with van der Waals surface area (Å²) >= 11 is 16.7. The number of allylic oxidation sites excluding steroid dienone is 1. The standard InChI is InChI=1S/C8H9Cl3N2O2/c1-2-3-4-6(8(9,10)11)15-7(14)5-13-12/h3-6H,2H2,1H3. The highest BCUT2D eigenvalue weighted by molar-refractivity contribution is 6.68. The molecule has 7 heteroatoms. The molecule has 0 rings (SSSR count). The van der Waals surface area contributed by atoms with Crippen LogP contribution in [0.25, 0.3) is 5.53 Å². The van der Waals surface area contributed by atoms with E-state index in [-0.39, 0.29) is 0 Å². The van der Waals surface area contributed by atoms with Crippen LogP contribution in [0, 0.1) is 0 Å². The minimum absolute atomic E-state index is 0.573. The molecule has 0 N–H and O–H groups in total. The summed E-state index contributed by atoms with van der Waals surface area (Å²) in [4.78, 5) is 13.4. The van der Waals surface area contributed by atoms with Gasteiger partial charge in [0.25, 0.3) is 0 Å². The van der Waals surface area contributed by atoms with Gasteiger partial charge >= 0.3 is 12.2 Å². The number of carbonyl (C=O) groups excluding carboxylic acids is 1. The summed E-state index contributed by atoms with van der Waals surface area (Å²) in [6.45, 7) is 1.88. The fourth-order valence-electron chi connectivity index (χ4n) is 0.678. The third-order valence-corrected chi connectivity index (χ3v) is 1.92. The van der Waals surface area contributed by atoms with E-state index in [0.29, 0.717) is 12.6 Å². The Morgan fingerprint density at radius 1 is 1.60 bits per heavy atom. The molecule has 0 amide bonds. The lowest BCUT2D eigenvalue weighted by molar-refractivity contribution is -0.141. The second kappa shape index (κ2) is 6.85. The number of ether oxygens (including phenoxy) is 1. The quantitative estimate of drug-likeness (QED) is 0.197. The van der Waals surface area contributed by atoms with Crippen molar-refractivity contribution in [1.82, 2.24) is 0 Å². The Bertz CT molecular complexity index is 293. The van der Waals surface area contributed by atoms with Crippen LogP contribution in [0.5, 0.6) is 0 Å². The minimum atomic E-state index is -1.76. The molecule has 1 unspecified atom stereocenters. The fraction of sp³-hybridized carbons (Fsp3) is 0.500. The van der Waals surface area contributed by atoms with E-state index in [9.17, 15) is 4.79 Å². The number of nitrogens with zero attached hydrogens (tertiary/aromatic N) is 2. The highest BCUT2D eigenvalue weighted by atomic mass is 35.6. The fourth-order valence-corrected chi connectivity index (χ4v) is 1.03. The van der Waals surface area contributed by atoms with Gasteiger partial charge in [-0.05, 0) is 12.5 Å². The molecule has 0 aliphatic heterocycles. The Morgan fingerprint density at radius 3 is 2.60 bits per heavy atom. The molecule has 0 saturated carbocycles. The third kappa shape index (κ3) is 6.52. The van der Waals surface area contributed by atoms with Crippen molar-refractivity contribution in [3.8, 4) is 0 Å². The lowest BCUT2D eigenvalue weighted by atomic mass is 10.3. The Balaban J connectivity index is 4.59. The summed E-state index contributed by atoms with van der Waals surface area (Å²) in [5, 5.41) is 0. The molecule has 84 valence electrons. The van der Waals surface area contributed by atoms with Crippen LogP contribution in [0.15, 0.2) is 12.2 Å². The van der Waals surface area contributed by atoms with Crippen molar-refractivity contribution < 1.29 is 14.3 Å². The Kier molecular flexibility index (Phi) is 6.61. The van der Waals surface area contributed by atoms with Crippen molar-refractivity contribution in [3.63, 3.8) is 0 Å². The smallest absolute Gasteiger partial charge is 0.414 e. The van der Waals surface area contributed by atoms with Crippen LogP contribution in [0.4, 0.5) is 0 Å². The molecule has 0 aliphatic rings. The van der Waals surface area contributed by atoms with Crippen LogP contribution >= 0.6 is 34.8 Å². The van der Waals surface area contributed by atoms with Gasteiger partial charge < -0.3 is 10.3 Å². The number of rotatable bonds is 4. The van der Waals surface area contributed by atoms with E-state index in [0.717, 1.165) is 0 Å². The third-order valence-electron chi connectivity index (χ3n) is 1.28. The molecule has 0 aliphatic carbocycles. The van der Waals surface area contributed by atoms with E-state index in [1.807, 2.05) is 6.92 Å². The average molecular weight is 272 g/mol. The first-order chi connectivity index (χ1) is 6.91. The van der Waals surface area contributed by atoms with Crippen LogP contribution in [0.3, 0.4) is 0 Å². The molecule has 1 atom stereocenters. The second-order valence-corrected chi connectivity index (χ2v) is 4.85. The van der Waals surface area contributed by atoms with Crippen LogP contribution < -0.4 is 0 Å². The molecular formula is C8H9Cl3N2O2. The molecule has 4 nitrogen and oxygen atoms in total. The van der Waals surface area contributed by atoms with E-state index in [4.69, 9.17) is 45.1 Å². The molecule has 0 aromatic rings. The normalized spacial score (nSPS) is 13.3. The van der Waals surface area contributed by atoms with Gasteiger partial charge in [0, 0.05) is 0 Å². The molecular weight excluding hydrogens is 262 g/mol. The highest BCUT2D eigenvalue weighted by Gasteiger charge is 2.34. The summed E-state index contributed by atoms with van der Waals surface area (Å²) in [6.07, 6.45) is 3.41. The summed E-state index contributed by atoms with van der Waals surface area (Å²) in [6, 6.07) is 0. The van der Waals surface area contributed by atoms with Crippen LogP contribution in [0.2, 0.25) is 0 Å². The number of hydrogen-bond acceptors (Lipinski definition) is 2. The topological polar surface area (TPSA) is 62.7 Å². The van der Waals surface area contributed by atoms with Gasteiger partial charge in [-0.1, -0.05) is 47.8 Å². The van der Waals surface area contributed by atoms with Gasteiger partial charge in [0.05, 0.1) is 0 Å². The number of alkyl halides is 3. The van der Waals surface area contributed by atoms with E-state index < -0.39 is 15.9 Å². The maximum absolute atomic E-state index is 10.9. The lowest BCUT2D eigenvalue weighted by Crippen LogP contribution is -2.29. The van der Waals surface area contributed by atoms with Crippen LogP contribution in [-0.2, 0) is 9.53 Å². The number of halogens is 3. The van der Waals surface area contributed by atoms with Crippen molar-refractivity contribution in [2.75, 3.05) is 0 Å². The van der Waals surface area contributed by atoms with E-state index >= 15 is 0 Å². The van der Waals surface area contributed by atoms with Crippen LogP contribution in [-0.4, -0.2) is 26.9 Å². The SMILES string of the molecule is CCC=CC(OC(=O)C=[N+]=[N-])C(Cl)(Cl)Cl. The zero-order chi connectivity index (χ0) is 11.9. The Labute approximate surface area is 102 Å². The van der Waals surface area contributed by atoms with E-state index in [1.165, 1.54) is 6.08 Å². The molecule has 15 heavy (non-hydrogen) atoms. The van der Waals surface area contributed by atoms with Gasteiger partial charge in [-0.3, -0.25) is 0 Å². The molecule has 0 fully saturated rings. The van der Waals surface area contributed by atoms with Gasteiger partial charge in [-0.2, -0.15) is 4.79 Å². The van der Waals surface area contributed by atoms with Gasteiger partial charge in [0.1, 0.15) is 0 Å². The molecule has 0 aromatic heterocycles. The first-order valence-electron chi connectivity index (χ1n) is 4.03. The Morgan fingerprint density at radius 2 is 2.20 bits per heavy atom. The average Bonchev–Trinajstić information content (AvgIpc) is 2.10. The van der Waals surface area contributed by atoms with Gasteiger partial charge in [-0.25, -0.2) is 4.79 Å². The molecule has 0 aromatic carbocycles. The zero-order valence-electron chi connectivity index (χ0n) is 7.86. The van der Waals surface area contributed by atoms with Gasteiger partial charge in [-0.15, -0.1) is 0 Å². The maximum Gasteiger partial charge on any atom is 0.414 e. The summed E-state index contributed by atoms with van der Waals surface area (Å²) < 4.78 is 2.97. The monoisotopic (exact) mass is 270 g/mol. The zero-order valence-corrected chi connectivity index (χ0v) is 10.1. The van der Waals surface area contributed by atoms with Crippen molar-refractivity contribution >= 4 is 47.0 Å². The van der Waals surface area contributed by atoms with Gasteiger partial charge in [0.2, 0.25) is 3.79 Å². The minimum Gasteiger partial charge on any atom is -0.445 e. The van der Waals surface area contributed by atoms with Gasteiger partial charge in [0.15, 0.2) is 6.10 Å². The van der Waals surface area contributed by atoms with Crippen molar-refractivity contribution in [1.29, 1.82) is 0 Å². The molecule has 0 bridgehead atoms. The summed E-state index contributed by atoms with van der Waals surface area (Å²) in [5.41, 5.74) is 8.08. The first kappa shape index (κ1) is 14.5. The number of esters is 1. The van der Waals surface area contributed by atoms with E-state index in [1.54, 1.807) is 6.08 Å². The van der Waals surface area contributed by atoms with Crippen LogP contribution in [0.1, 0.15) is 13.3 Å². The predicted octanol–water partition coefficient (Wildman–Crippen LogP) is 2.54. The number of hydrogen-bond donors (Lipinski definition) is 0. The molecule has 0 saturated heterocycles. The Hall–Kier alpha value is -0.540. The van der Waals surface area contributed by atoms with E-state index in [2.05, 4.69) is 4.79 Å². The molecule has 0 spiro atoms. The van der Waals surface area contributed by atoms with Crippen molar-refractivity contribution in [3.05, 3.63) is 17.7 Å². The van der Waals surface area contributed by atoms with Crippen molar-refractivity contribution in [2.45, 2.75) is 23.2 Å². The highest BCUT2D eigenvalue weighted by Crippen LogP contribution is 2.33. The first-order valence-corrected chi connectivity index (χ1v) is 5.16. The molecule has 0 radical (unpaired) electrons. The second-order valence-electron chi connectivity index (χ2n) is 2.48. The van der Waals surface area contributed by atoms with Crippen molar-refractivity contribution in [2.24, 2.45) is 0 Å². The number of carbonyl (C=O) groups is 1. The lowest BCUT2D eigenvalue weighted by Gasteiger charge is -2.19. The summed E-state index contributed by atoms with van der Waals surface area (Å²) in [5.74, 6) is -0.894. The molecule has 0 heterocycles. The largest absolute Gasteiger partial charge is 0.445 e. The summed E-state index contributed by atoms with van der Waals surface area (Å²) in [7, 11) is 0. The maximum atomic E-state index is 10.9.